The summed E-state index contributed by atoms with van der Waals surface area (Å²) in [5.41, 5.74) is 1.33. The molecule has 2 heterocycles. The summed E-state index contributed by atoms with van der Waals surface area (Å²) < 4.78 is 0. The molecule has 18 heavy (non-hydrogen) atoms. The Hall–Kier alpha value is -0.870. The van der Waals surface area contributed by atoms with E-state index in [1.807, 2.05) is 11.9 Å². The fourth-order valence-corrected chi connectivity index (χ4v) is 3.12. The van der Waals surface area contributed by atoms with E-state index in [4.69, 9.17) is 0 Å². The van der Waals surface area contributed by atoms with E-state index >= 15 is 0 Å². The molecule has 1 aliphatic rings. The maximum atomic E-state index is 12.3. The second-order valence-electron chi connectivity index (χ2n) is 5.02. The number of amides is 1. The van der Waals surface area contributed by atoms with Gasteiger partial charge in [-0.25, -0.2) is 0 Å². The number of piperazine rings is 1. The van der Waals surface area contributed by atoms with E-state index in [2.05, 4.69) is 28.7 Å². The minimum Gasteiger partial charge on any atom is -0.343 e. The lowest BCUT2D eigenvalue weighted by Gasteiger charge is -2.39. The summed E-state index contributed by atoms with van der Waals surface area (Å²) >= 11 is 1.73. The highest BCUT2D eigenvalue weighted by molar-refractivity contribution is 7.07. The Balaban J connectivity index is 2.03. The van der Waals surface area contributed by atoms with Crippen molar-refractivity contribution in [1.82, 2.24) is 9.80 Å². The Bertz CT molecular complexity index is 377. The van der Waals surface area contributed by atoms with Crippen LogP contribution < -0.4 is 0 Å². The van der Waals surface area contributed by atoms with Crippen molar-refractivity contribution < 1.29 is 4.79 Å². The third-order valence-electron chi connectivity index (χ3n) is 3.62. The van der Waals surface area contributed by atoms with E-state index in [1.54, 1.807) is 11.3 Å². The van der Waals surface area contributed by atoms with Gasteiger partial charge in [0.1, 0.15) is 0 Å². The highest BCUT2D eigenvalue weighted by atomic mass is 32.1. The Morgan fingerprint density at radius 1 is 1.44 bits per heavy atom. The first-order chi connectivity index (χ1) is 8.72. The van der Waals surface area contributed by atoms with Gasteiger partial charge in [0.25, 0.3) is 0 Å². The van der Waals surface area contributed by atoms with Crippen LogP contribution in [0.15, 0.2) is 16.8 Å². The lowest BCUT2D eigenvalue weighted by molar-refractivity contribution is -0.140. The zero-order valence-corrected chi connectivity index (χ0v) is 12.1. The SMILES string of the molecule is CCCCC1C(=O)N(C)CCN1Cc1ccsc1. The first-order valence-corrected chi connectivity index (χ1v) is 7.66. The maximum absolute atomic E-state index is 12.3. The molecule has 0 spiro atoms. The molecular weight excluding hydrogens is 244 g/mol. The van der Waals surface area contributed by atoms with Crippen LogP contribution in [0.1, 0.15) is 31.7 Å². The largest absolute Gasteiger partial charge is 0.343 e. The van der Waals surface area contributed by atoms with Crippen LogP contribution in [0.25, 0.3) is 0 Å². The fraction of sp³-hybridized carbons (Fsp3) is 0.643. The lowest BCUT2D eigenvalue weighted by atomic mass is 10.0. The molecule has 0 aromatic carbocycles. The molecule has 0 radical (unpaired) electrons. The van der Waals surface area contributed by atoms with Gasteiger partial charge in [0.05, 0.1) is 6.04 Å². The molecule has 1 aromatic heterocycles. The molecular formula is C14H22N2OS. The van der Waals surface area contributed by atoms with Gasteiger partial charge < -0.3 is 4.90 Å². The number of likely N-dealkylation sites (N-methyl/N-ethyl adjacent to an activating group) is 1. The van der Waals surface area contributed by atoms with Crippen LogP contribution in [0.4, 0.5) is 0 Å². The third-order valence-corrected chi connectivity index (χ3v) is 4.35. The number of unbranched alkanes of at least 4 members (excludes halogenated alkanes) is 1. The average Bonchev–Trinajstić information content (AvgIpc) is 2.86. The zero-order valence-electron chi connectivity index (χ0n) is 11.3. The van der Waals surface area contributed by atoms with Gasteiger partial charge in [0.15, 0.2) is 0 Å². The minimum atomic E-state index is 0.0867. The normalized spacial score (nSPS) is 21.6. The third kappa shape index (κ3) is 3.12. The molecule has 1 fully saturated rings. The smallest absolute Gasteiger partial charge is 0.239 e. The monoisotopic (exact) mass is 266 g/mol. The molecule has 0 saturated carbocycles. The van der Waals surface area contributed by atoms with Gasteiger partial charge in [-0.05, 0) is 28.8 Å². The van der Waals surface area contributed by atoms with Crippen LogP contribution in [-0.2, 0) is 11.3 Å². The summed E-state index contributed by atoms with van der Waals surface area (Å²) in [7, 11) is 1.92. The maximum Gasteiger partial charge on any atom is 0.239 e. The number of hydrogen-bond donors (Lipinski definition) is 0. The first kappa shape index (κ1) is 13.6. The molecule has 1 aliphatic heterocycles. The summed E-state index contributed by atoms with van der Waals surface area (Å²) in [6.07, 6.45) is 3.27. The van der Waals surface area contributed by atoms with Crippen LogP contribution in [0.5, 0.6) is 0 Å². The summed E-state index contributed by atoms with van der Waals surface area (Å²) in [6, 6.07) is 2.24. The van der Waals surface area contributed by atoms with Gasteiger partial charge in [-0.2, -0.15) is 11.3 Å². The summed E-state index contributed by atoms with van der Waals surface area (Å²) in [4.78, 5) is 16.5. The van der Waals surface area contributed by atoms with Gasteiger partial charge in [-0.1, -0.05) is 19.8 Å². The Morgan fingerprint density at radius 2 is 2.28 bits per heavy atom. The van der Waals surface area contributed by atoms with Crippen molar-refractivity contribution in [3.63, 3.8) is 0 Å². The van der Waals surface area contributed by atoms with Crippen molar-refractivity contribution >= 4 is 17.2 Å². The average molecular weight is 266 g/mol. The van der Waals surface area contributed by atoms with Crippen molar-refractivity contribution in [3.8, 4) is 0 Å². The molecule has 0 aliphatic carbocycles. The van der Waals surface area contributed by atoms with E-state index in [9.17, 15) is 4.79 Å². The van der Waals surface area contributed by atoms with E-state index in [1.165, 1.54) is 5.56 Å². The Morgan fingerprint density at radius 3 is 2.94 bits per heavy atom. The second-order valence-corrected chi connectivity index (χ2v) is 5.80. The number of hydrogen-bond acceptors (Lipinski definition) is 3. The van der Waals surface area contributed by atoms with Crippen molar-refractivity contribution in [1.29, 1.82) is 0 Å². The Labute approximate surface area is 113 Å². The topological polar surface area (TPSA) is 23.6 Å². The van der Waals surface area contributed by atoms with Crippen molar-refractivity contribution in [2.75, 3.05) is 20.1 Å². The molecule has 100 valence electrons. The van der Waals surface area contributed by atoms with Crippen molar-refractivity contribution in [2.24, 2.45) is 0 Å². The van der Waals surface area contributed by atoms with Crippen LogP contribution in [-0.4, -0.2) is 41.9 Å². The predicted octanol–water partition coefficient (Wildman–Crippen LogP) is 2.58. The summed E-state index contributed by atoms with van der Waals surface area (Å²) in [5, 5.41) is 4.29. The molecule has 0 bridgehead atoms. The summed E-state index contributed by atoms with van der Waals surface area (Å²) in [6.45, 7) is 4.94. The Kier molecular flexibility index (Phi) is 4.78. The predicted molar refractivity (Wildman–Crippen MR) is 75.7 cm³/mol. The highest BCUT2D eigenvalue weighted by Crippen LogP contribution is 2.19. The van der Waals surface area contributed by atoms with E-state index in [0.29, 0.717) is 5.91 Å². The minimum absolute atomic E-state index is 0.0867. The second kappa shape index (κ2) is 6.34. The molecule has 1 saturated heterocycles. The first-order valence-electron chi connectivity index (χ1n) is 6.72. The van der Waals surface area contributed by atoms with E-state index in [-0.39, 0.29) is 6.04 Å². The van der Waals surface area contributed by atoms with Crippen LogP contribution in [0.2, 0.25) is 0 Å². The van der Waals surface area contributed by atoms with Crippen LogP contribution in [0, 0.1) is 0 Å². The zero-order chi connectivity index (χ0) is 13.0. The lowest BCUT2D eigenvalue weighted by Crippen LogP contribution is -2.55. The fourth-order valence-electron chi connectivity index (χ4n) is 2.46. The quantitative estimate of drug-likeness (QED) is 0.818. The number of nitrogens with zero attached hydrogens (tertiary/aromatic N) is 2. The molecule has 1 amide bonds. The number of rotatable bonds is 5. The van der Waals surface area contributed by atoms with Gasteiger partial charge in [0.2, 0.25) is 5.91 Å². The molecule has 2 rings (SSSR count). The van der Waals surface area contributed by atoms with Gasteiger partial charge in [0, 0.05) is 26.7 Å². The highest BCUT2D eigenvalue weighted by Gasteiger charge is 2.32. The van der Waals surface area contributed by atoms with E-state index in [0.717, 1.165) is 38.9 Å². The molecule has 3 nitrogen and oxygen atoms in total. The number of carbonyl (C=O) groups excluding carboxylic acids is 1. The van der Waals surface area contributed by atoms with Crippen LogP contribution in [0.3, 0.4) is 0 Å². The molecule has 4 heteroatoms. The van der Waals surface area contributed by atoms with Crippen molar-refractivity contribution in [3.05, 3.63) is 22.4 Å². The number of thiophene rings is 1. The molecule has 1 unspecified atom stereocenters. The van der Waals surface area contributed by atoms with Gasteiger partial charge >= 0.3 is 0 Å². The van der Waals surface area contributed by atoms with Gasteiger partial charge in [-0.15, -0.1) is 0 Å². The summed E-state index contributed by atoms with van der Waals surface area (Å²) in [5.74, 6) is 0.296. The van der Waals surface area contributed by atoms with Crippen molar-refractivity contribution in [2.45, 2.75) is 38.8 Å². The molecule has 1 aromatic rings. The van der Waals surface area contributed by atoms with E-state index < -0.39 is 0 Å². The number of carbonyl (C=O) groups is 1. The standard InChI is InChI=1S/C14H22N2OS/c1-3-4-5-13-14(17)15(2)7-8-16(13)10-12-6-9-18-11-12/h6,9,11,13H,3-5,7-8,10H2,1-2H3. The van der Waals surface area contributed by atoms with Gasteiger partial charge in [-0.3, -0.25) is 9.69 Å². The molecule has 1 atom stereocenters. The van der Waals surface area contributed by atoms with Crippen LogP contribution >= 0.6 is 11.3 Å². The molecule has 0 N–H and O–H groups in total.